The summed E-state index contributed by atoms with van der Waals surface area (Å²) in [5.74, 6) is 0.612. The van der Waals surface area contributed by atoms with Gasteiger partial charge in [-0.25, -0.2) is 9.79 Å². The van der Waals surface area contributed by atoms with Gasteiger partial charge in [-0.3, -0.25) is 0 Å². The Kier molecular flexibility index (Phi) is 6.34. The van der Waals surface area contributed by atoms with Crippen molar-refractivity contribution >= 4 is 56.5 Å². The van der Waals surface area contributed by atoms with E-state index in [1.165, 1.54) is 5.56 Å². The van der Waals surface area contributed by atoms with E-state index in [2.05, 4.69) is 62.6 Å². The van der Waals surface area contributed by atoms with Crippen LogP contribution in [-0.4, -0.2) is 11.9 Å². The Morgan fingerprint density at radius 2 is 1.90 bits per heavy atom. The topological polar surface area (TPSA) is 47.9 Å². The fraction of sp³-hybridized carbons (Fsp3) is 0.0833. The molecule has 3 aromatic rings. The SMILES string of the molecule is Cc1cccc(COc2ccc(/C=C3\N=C(c4ccc(I)c(Br)c4)OC3=O)cc2)c1. The number of aryl methyl sites for hydroxylation is 1. The average Bonchev–Trinajstić information content (AvgIpc) is 3.10. The number of carbonyl (C=O) groups is 1. The van der Waals surface area contributed by atoms with Crippen LogP contribution in [0.15, 0.2) is 81.9 Å². The molecule has 0 atom stereocenters. The Balaban J connectivity index is 1.46. The van der Waals surface area contributed by atoms with E-state index in [0.717, 1.165) is 30.5 Å². The van der Waals surface area contributed by atoms with Crippen molar-refractivity contribution < 1.29 is 14.3 Å². The van der Waals surface area contributed by atoms with Crippen LogP contribution in [0.25, 0.3) is 6.08 Å². The van der Waals surface area contributed by atoms with Crippen molar-refractivity contribution in [3.05, 3.63) is 103 Å². The monoisotopic (exact) mass is 573 g/mol. The van der Waals surface area contributed by atoms with Crippen LogP contribution >= 0.6 is 38.5 Å². The number of nitrogens with zero attached hydrogens (tertiary/aromatic N) is 1. The summed E-state index contributed by atoms with van der Waals surface area (Å²) in [6, 6.07) is 21.5. The number of rotatable bonds is 5. The second kappa shape index (κ2) is 9.14. The van der Waals surface area contributed by atoms with Crippen LogP contribution in [0.2, 0.25) is 0 Å². The van der Waals surface area contributed by atoms with Gasteiger partial charge >= 0.3 is 5.97 Å². The van der Waals surface area contributed by atoms with Gasteiger partial charge in [0.25, 0.3) is 0 Å². The minimum Gasteiger partial charge on any atom is -0.489 e. The molecule has 1 aliphatic heterocycles. The first-order valence-electron chi connectivity index (χ1n) is 9.24. The zero-order valence-corrected chi connectivity index (χ0v) is 19.8. The standard InChI is InChI=1S/C24H17BrINO3/c1-15-3-2-4-17(11-15)14-29-19-8-5-16(6-9-19)12-22-24(28)30-23(27-22)18-7-10-21(26)20(25)13-18/h2-13H,14H2,1H3/b22-12-. The molecule has 150 valence electrons. The molecule has 0 bridgehead atoms. The van der Waals surface area contributed by atoms with Gasteiger partial charge in [0.15, 0.2) is 5.70 Å². The average molecular weight is 574 g/mol. The Hall–Kier alpha value is -2.45. The molecule has 0 unspecified atom stereocenters. The second-order valence-electron chi connectivity index (χ2n) is 6.81. The third-order valence-corrected chi connectivity index (χ3v) is 6.80. The molecule has 1 aliphatic rings. The summed E-state index contributed by atoms with van der Waals surface area (Å²) in [6.07, 6.45) is 1.71. The Labute approximate surface area is 196 Å². The minimum atomic E-state index is -0.459. The molecule has 0 aliphatic carbocycles. The van der Waals surface area contributed by atoms with E-state index in [1.54, 1.807) is 6.08 Å². The van der Waals surface area contributed by atoms with Gasteiger partial charge in [-0.05, 0) is 93.0 Å². The van der Waals surface area contributed by atoms with Crippen molar-refractivity contribution in [3.63, 3.8) is 0 Å². The number of halogens is 2. The van der Waals surface area contributed by atoms with E-state index < -0.39 is 5.97 Å². The lowest BCUT2D eigenvalue weighted by Gasteiger charge is -2.07. The third-order valence-electron chi connectivity index (χ3n) is 4.46. The van der Waals surface area contributed by atoms with E-state index in [9.17, 15) is 4.79 Å². The van der Waals surface area contributed by atoms with Crippen molar-refractivity contribution in [2.45, 2.75) is 13.5 Å². The Bertz CT molecular complexity index is 1170. The number of carbonyl (C=O) groups excluding carboxylic acids is 1. The van der Waals surface area contributed by atoms with Gasteiger partial charge in [0, 0.05) is 13.6 Å². The summed E-state index contributed by atoms with van der Waals surface area (Å²) in [6.45, 7) is 2.57. The maximum absolute atomic E-state index is 12.2. The molecular weight excluding hydrogens is 557 g/mol. The molecule has 0 saturated carbocycles. The van der Waals surface area contributed by atoms with Crippen LogP contribution in [-0.2, 0) is 16.1 Å². The first kappa shape index (κ1) is 20.8. The Morgan fingerprint density at radius 1 is 1.10 bits per heavy atom. The highest BCUT2D eigenvalue weighted by atomic mass is 127. The zero-order chi connectivity index (χ0) is 21.1. The summed E-state index contributed by atoms with van der Waals surface area (Å²) in [5, 5.41) is 0. The normalized spacial score (nSPS) is 14.6. The summed E-state index contributed by atoms with van der Waals surface area (Å²) >= 11 is 5.71. The van der Waals surface area contributed by atoms with Gasteiger partial charge in [0.2, 0.25) is 5.90 Å². The van der Waals surface area contributed by atoms with E-state index in [-0.39, 0.29) is 5.70 Å². The van der Waals surface area contributed by atoms with Gasteiger partial charge in [0.1, 0.15) is 12.4 Å². The predicted octanol–water partition coefficient (Wildman–Crippen LogP) is 6.29. The van der Waals surface area contributed by atoms with Crippen molar-refractivity contribution in [1.29, 1.82) is 0 Å². The first-order chi connectivity index (χ1) is 14.5. The van der Waals surface area contributed by atoms with Crippen molar-refractivity contribution in [2.24, 2.45) is 4.99 Å². The van der Waals surface area contributed by atoms with Crippen LogP contribution in [0, 0.1) is 10.5 Å². The lowest BCUT2D eigenvalue weighted by Crippen LogP contribution is -2.05. The summed E-state index contributed by atoms with van der Waals surface area (Å²) in [5.41, 5.74) is 4.20. The van der Waals surface area contributed by atoms with Crippen LogP contribution in [0.1, 0.15) is 22.3 Å². The van der Waals surface area contributed by atoms with Crippen LogP contribution in [0.4, 0.5) is 0 Å². The van der Waals surface area contributed by atoms with Gasteiger partial charge < -0.3 is 9.47 Å². The Morgan fingerprint density at radius 3 is 2.63 bits per heavy atom. The molecule has 0 radical (unpaired) electrons. The van der Waals surface area contributed by atoms with E-state index in [1.807, 2.05) is 54.6 Å². The van der Waals surface area contributed by atoms with E-state index in [4.69, 9.17) is 9.47 Å². The highest BCUT2D eigenvalue weighted by Gasteiger charge is 2.24. The third kappa shape index (κ3) is 4.99. The highest BCUT2D eigenvalue weighted by molar-refractivity contribution is 14.1. The smallest absolute Gasteiger partial charge is 0.363 e. The molecule has 0 saturated heterocycles. The molecule has 0 N–H and O–H groups in total. The van der Waals surface area contributed by atoms with Crippen molar-refractivity contribution in [1.82, 2.24) is 0 Å². The molecule has 0 amide bonds. The number of benzene rings is 3. The quantitative estimate of drug-likeness (QED) is 0.205. The molecular formula is C24H17BrINO3. The van der Waals surface area contributed by atoms with Crippen molar-refractivity contribution in [3.8, 4) is 5.75 Å². The number of aliphatic imine (C=N–C) groups is 1. The number of esters is 1. The van der Waals surface area contributed by atoms with Gasteiger partial charge in [-0.1, -0.05) is 42.0 Å². The molecule has 30 heavy (non-hydrogen) atoms. The predicted molar refractivity (Wildman–Crippen MR) is 129 cm³/mol. The van der Waals surface area contributed by atoms with Gasteiger partial charge in [0.05, 0.1) is 0 Å². The zero-order valence-electron chi connectivity index (χ0n) is 16.1. The minimum absolute atomic E-state index is 0.271. The van der Waals surface area contributed by atoms with Gasteiger partial charge in [-0.2, -0.15) is 0 Å². The maximum atomic E-state index is 12.2. The number of cyclic esters (lactones) is 1. The summed E-state index contributed by atoms with van der Waals surface area (Å²) in [4.78, 5) is 16.6. The van der Waals surface area contributed by atoms with Crippen LogP contribution < -0.4 is 4.74 Å². The molecule has 0 fully saturated rings. The molecule has 3 aromatic carbocycles. The lowest BCUT2D eigenvalue weighted by molar-refractivity contribution is -0.129. The number of hydrogen-bond acceptors (Lipinski definition) is 4. The molecule has 0 spiro atoms. The summed E-state index contributed by atoms with van der Waals surface area (Å²) < 4.78 is 13.2. The molecule has 4 nitrogen and oxygen atoms in total. The molecule has 1 heterocycles. The van der Waals surface area contributed by atoms with Crippen LogP contribution in [0.5, 0.6) is 5.75 Å². The molecule has 6 heteroatoms. The number of ether oxygens (including phenoxy) is 2. The fourth-order valence-corrected chi connectivity index (χ4v) is 3.66. The van der Waals surface area contributed by atoms with Crippen molar-refractivity contribution in [2.75, 3.05) is 0 Å². The highest BCUT2D eigenvalue weighted by Crippen LogP contribution is 2.25. The van der Waals surface area contributed by atoms with E-state index in [0.29, 0.717) is 12.5 Å². The second-order valence-corrected chi connectivity index (χ2v) is 8.83. The molecule has 4 rings (SSSR count). The number of hydrogen-bond donors (Lipinski definition) is 0. The summed E-state index contributed by atoms with van der Waals surface area (Å²) in [7, 11) is 0. The fourth-order valence-electron chi connectivity index (χ4n) is 2.95. The largest absolute Gasteiger partial charge is 0.489 e. The lowest BCUT2D eigenvalue weighted by atomic mass is 10.1. The molecule has 0 aromatic heterocycles. The van der Waals surface area contributed by atoms with E-state index >= 15 is 0 Å². The van der Waals surface area contributed by atoms with Crippen LogP contribution in [0.3, 0.4) is 0 Å². The first-order valence-corrected chi connectivity index (χ1v) is 11.1. The maximum Gasteiger partial charge on any atom is 0.363 e. The van der Waals surface area contributed by atoms with Gasteiger partial charge in [-0.15, -0.1) is 0 Å².